The van der Waals surface area contributed by atoms with E-state index in [-0.39, 0.29) is 5.56 Å². The SMILES string of the molecule is CSc1nc(Nc2ccccc2C(=O)O)c2c(-c3ccc(Cl)cc3)c3c(nc2n1)-c1ccccc1CC3. The number of thioether (sulfide) groups is 1. The van der Waals surface area contributed by atoms with Gasteiger partial charge >= 0.3 is 5.97 Å². The molecule has 6 nitrogen and oxygen atoms in total. The summed E-state index contributed by atoms with van der Waals surface area (Å²) in [6.45, 7) is 0. The molecule has 0 saturated carbocycles. The number of nitrogens with zero attached hydrogens (tertiary/aromatic N) is 3. The number of benzene rings is 3. The first-order valence-corrected chi connectivity index (χ1v) is 13.4. The minimum Gasteiger partial charge on any atom is -0.478 e. The number of carbonyl (C=O) groups is 1. The molecule has 5 aromatic rings. The van der Waals surface area contributed by atoms with Gasteiger partial charge in [0, 0.05) is 16.1 Å². The Bertz CT molecular complexity index is 1690. The van der Waals surface area contributed by atoms with E-state index in [4.69, 9.17) is 26.6 Å². The maximum absolute atomic E-state index is 11.9. The van der Waals surface area contributed by atoms with Crippen LogP contribution >= 0.6 is 23.4 Å². The molecule has 2 N–H and O–H groups in total. The van der Waals surface area contributed by atoms with Gasteiger partial charge in [0.05, 0.1) is 22.3 Å². The van der Waals surface area contributed by atoms with Gasteiger partial charge in [0.2, 0.25) is 0 Å². The Labute approximate surface area is 222 Å². The lowest BCUT2D eigenvalue weighted by atomic mass is 9.84. The summed E-state index contributed by atoms with van der Waals surface area (Å²) >= 11 is 7.65. The molecule has 37 heavy (non-hydrogen) atoms. The predicted octanol–water partition coefficient (Wildman–Crippen LogP) is 7.27. The van der Waals surface area contributed by atoms with Crippen molar-refractivity contribution in [3.05, 3.63) is 94.5 Å². The van der Waals surface area contributed by atoms with E-state index in [0.29, 0.717) is 27.3 Å². The normalized spacial score (nSPS) is 12.2. The topological polar surface area (TPSA) is 88.0 Å². The summed E-state index contributed by atoms with van der Waals surface area (Å²) in [7, 11) is 0. The Balaban J connectivity index is 1.69. The van der Waals surface area contributed by atoms with Crippen molar-refractivity contribution >= 4 is 51.9 Å². The van der Waals surface area contributed by atoms with Gasteiger partial charge in [0.1, 0.15) is 5.82 Å². The molecule has 182 valence electrons. The fourth-order valence-electron chi connectivity index (χ4n) is 4.90. The highest BCUT2D eigenvalue weighted by Crippen LogP contribution is 2.44. The van der Waals surface area contributed by atoms with Gasteiger partial charge in [0.25, 0.3) is 0 Å². The fourth-order valence-corrected chi connectivity index (χ4v) is 5.39. The number of aromatic nitrogens is 3. The van der Waals surface area contributed by atoms with Crippen LogP contribution in [0, 0.1) is 0 Å². The molecule has 0 amide bonds. The third-order valence-corrected chi connectivity index (χ3v) is 7.37. The highest BCUT2D eigenvalue weighted by molar-refractivity contribution is 7.98. The molecule has 0 radical (unpaired) electrons. The lowest BCUT2D eigenvalue weighted by molar-refractivity contribution is 0.0698. The fraction of sp³-hybridized carbons (Fsp3) is 0.103. The third-order valence-electron chi connectivity index (χ3n) is 6.57. The van der Waals surface area contributed by atoms with Crippen LogP contribution in [0.15, 0.2) is 78.0 Å². The van der Waals surface area contributed by atoms with Crippen LogP contribution in [0.3, 0.4) is 0 Å². The van der Waals surface area contributed by atoms with E-state index in [0.717, 1.165) is 46.2 Å². The number of carboxylic acids is 1. The van der Waals surface area contributed by atoms with Crippen molar-refractivity contribution in [2.24, 2.45) is 0 Å². The number of rotatable bonds is 5. The zero-order chi connectivity index (χ0) is 25.5. The number of anilines is 2. The second-order valence-electron chi connectivity index (χ2n) is 8.71. The molecule has 0 unspecified atom stereocenters. The van der Waals surface area contributed by atoms with Crippen molar-refractivity contribution in [1.82, 2.24) is 15.0 Å². The van der Waals surface area contributed by atoms with Gasteiger partial charge in [-0.25, -0.2) is 19.7 Å². The lowest BCUT2D eigenvalue weighted by Gasteiger charge is -2.24. The van der Waals surface area contributed by atoms with Gasteiger partial charge < -0.3 is 10.4 Å². The molecular weight excluding hydrogens is 504 g/mol. The minimum atomic E-state index is -1.02. The number of pyridine rings is 1. The molecule has 2 heterocycles. The predicted molar refractivity (Wildman–Crippen MR) is 149 cm³/mol. The molecule has 1 aliphatic carbocycles. The number of carboxylic acid groups (broad SMARTS) is 1. The maximum atomic E-state index is 11.9. The van der Waals surface area contributed by atoms with Crippen molar-refractivity contribution in [2.45, 2.75) is 18.0 Å². The lowest BCUT2D eigenvalue weighted by Crippen LogP contribution is -2.11. The minimum absolute atomic E-state index is 0.160. The Kier molecular flexibility index (Phi) is 6.02. The molecule has 0 bridgehead atoms. The molecule has 0 fully saturated rings. The first-order chi connectivity index (χ1) is 18.0. The van der Waals surface area contributed by atoms with Crippen LogP contribution in [0.1, 0.15) is 21.5 Å². The van der Waals surface area contributed by atoms with E-state index in [1.165, 1.54) is 17.3 Å². The van der Waals surface area contributed by atoms with Crippen LogP contribution in [0.5, 0.6) is 0 Å². The van der Waals surface area contributed by atoms with Gasteiger partial charge in [-0.3, -0.25) is 0 Å². The maximum Gasteiger partial charge on any atom is 0.337 e. The molecule has 0 saturated heterocycles. The molecule has 3 aromatic carbocycles. The Morgan fingerprint density at radius 1 is 0.946 bits per heavy atom. The summed E-state index contributed by atoms with van der Waals surface area (Å²) in [5.74, 6) is -0.501. The van der Waals surface area contributed by atoms with Gasteiger partial charge in [-0.05, 0) is 60.1 Å². The summed E-state index contributed by atoms with van der Waals surface area (Å²) in [4.78, 5) is 26.6. The van der Waals surface area contributed by atoms with Gasteiger partial charge in [-0.1, -0.05) is 71.9 Å². The van der Waals surface area contributed by atoms with Gasteiger partial charge in [-0.2, -0.15) is 0 Å². The molecule has 0 spiro atoms. The van der Waals surface area contributed by atoms with E-state index < -0.39 is 5.97 Å². The first kappa shape index (κ1) is 23.5. The molecule has 0 aliphatic heterocycles. The molecule has 6 rings (SSSR count). The second-order valence-corrected chi connectivity index (χ2v) is 9.92. The Morgan fingerprint density at radius 2 is 1.70 bits per heavy atom. The average molecular weight is 525 g/mol. The first-order valence-electron chi connectivity index (χ1n) is 11.8. The molecule has 1 aliphatic rings. The quantitative estimate of drug-likeness (QED) is 0.184. The van der Waals surface area contributed by atoms with E-state index in [1.807, 2.05) is 36.6 Å². The summed E-state index contributed by atoms with van der Waals surface area (Å²) in [6.07, 6.45) is 3.61. The van der Waals surface area contributed by atoms with E-state index >= 15 is 0 Å². The van der Waals surface area contributed by atoms with Crippen molar-refractivity contribution in [3.63, 3.8) is 0 Å². The van der Waals surface area contributed by atoms with Crippen LogP contribution in [0.2, 0.25) is 5.02 Å². The van der Waals surface area contributed by atoms with Gasteiger partial charge in [-0.15, -0.1) is 0 Å². The van der Waals surface area contributed by atoms with Crippen LogP contribution < -0.4 is 5.32 Å². The van der Waals surface area contributed by atoms with Crippen LogP contribution in [-0.2, 0) is 12.8 Å². The third kappa shape index (κ3) is 4.20. The van der Waals surface area contributed by atoms with Gasteiger partial charge in [0.15, 0.2) is 10.8 Å². The molecule has 2 aromatic heterocycles. The number of fused-ring (bicyclic) bond motifs is 4. The van der Waals surface area contributed by atoms with Crippen LogP contribution in [0.4, 0.5) is 11.5 Å². The van der Waals surface area contributed by atoms with Crippen LogP contribution in [-0.4, -0.2) is 32.3 Å². The zero-order valence-electron chi connectivity index (χ0n) is 19.8. The number of hydrogen-bond donors (Lipinski definition) is 2. The van der Waals surface area contributed by atoms with E-state index in [9.17, 15) is 9.90 Å². The number of aryl methyl sites for hydroxylation is 1. The monoisotopic (exact) mass is 524 g/mol. The zero-order valence-corrected chi connectivity index (χ0v) is 21.4. The highest BCUT2D eigenvalue weighted by Gasteiger charge is 2.26. The van der Waals surface area contributed by atoms with E-state index in [2.05, 4.69) is 23.5 Å². The summed E-state index contributed by atoms with van der Waals surface area (Å²) in [5.41, 5.74) is 7.52. The average Bonchev–Trinajstić information content (AvgIpc) is 2.92. The number of aromatic carboxylic acids is 1. The van der Waals surface area contributed by atoms with Crippen molar-refractivity contribution in [1.29, 1.82) is 0 Å². The van der Waals surface area contributed by atoms with Crippen molar-refractivity contribution < 1.29 is 9.90 Å². The summed E-state index contributed by atoms with van der Waals surface area (Å²) in [6, 6.07) is 22.9. The Hall–Kier alpha value is -3.94. The van der Waals surface area contributed by atoms with Crippen molar-refractivity contribution in [2.75, 3.05) is 11.6 Å². The number of para-hydroxylation sites is 1. The summed E-state index contributed by atoms with van der Waals surface area (Å²) < 4.78 is 0. The number of hydrogen-bond acceptors (Lipinski definition) is 6. The number of nitrogens with one attached hydrogen (secondary N) is 1. The van der Waals surface area contributed by atoms with Crippen LogP contribution in [0.25, 0.3) is 33.4 Å². The summed E-state index contributed by atoms with van der Waals surface area (Å²) in [5, 5.41) is 15.0. The Morgan fingerprint density at radius 3 is 2.49 bits per heavy atom. The molecule has 8 heteroatoms. The standard InChI is InChI=1S/C29H21ClN4O2S/c1-37-29-33-26(31-22-9-5-4-8-20(22)28(35)36)24-23(17-10-13-18(30)14-11-17)21-15-12-16-6-2-3-7-19(16)25(21)32-27(24)34-29/h2-11,13-14H,12,15H2,1H3,(H,35,36)(H,31,32,33,34). The smallest absolute Gasteiger partial charge is 0.337 e. The molecule has 0 atom stereocenters. The van der Waals surface area contributed by atoms with Crippen molar-refractivity contribution in [3.8, 4) is 22.4 Å². The molecular formula is C29H21ClN4O2S. The largest absolute Gasteiger partial charge is 0.478 e. The second kappa shape index (κ2) is 9.50. The van der Waals surface area contributed by atoms with E-state index in [1.54, 1.807) is 24.3 Å². The highest BCUT2D eigenvalue weighted by atomic mass is 35.5. The number of halogens is 1.